The maximum atomic E-state index is 13.1. The summed E-state index contributed by atoms with van der Waals surface area (Å²) >= 11 is 1.43. The van der Waals surface area contributed by atoms with Crippen LogP contribution in [0, 0.1) is 0 Å². The summed E-state index contributed by atoms with van der Waals surface area (Å²) in [6.07, 6.45) is 1.85. The first-order chi connectivity index (χ1) is 14.6. The van der Waals surface area contributed by atoms with Gasteiger partial charge in [0.05, 0.1) is 42.5 Å². The Kier molecular flexibility index (Phi) is 8.20. The van der Waals surface area contributed by atoms with Crippen LogP contribution in [0.15, 0.2) is 52.3 Å². The molecular formula is C20H22N2O7S2. The first-order valence-electron chi connectivity index (χ1n) is 8.85. The minimum absolute atomic E-state index is 0.0690. The molecule has 11 heteroatoms. The Balaban J connectivity index is 2.35. The van der Waals surface area contributed by atoms with E-state index in [4.69, 9.17) is 0 Å². The van der Waals surface area contributed by atoms with E-state index in [2.05, 4.69) is 14.8 Å². The lowest BCUT2D eigenvalue weighted by molar-refractivity contribution is -0.116. The second-order valence-electron chi connectivity index (χ2n) is 6.20. The number of hydrogen-bond acceptors (Lipinski definition) is 8. The van der Waals surface area contributed by atoms with Gasteiger partial charge >= 0.3 is 11.9 Å². The maximum absolute atomic E-state index is 13.1. The van der Waals surface area contributed by atoms with Gasteiger partial charge in [0.2, 0.25) is 15.9 Å². The molecule has 0 radical (unpaired) electrons. The van der Waals surface area contributed by atoms with Crippen molar-refractivity contribution < 1.29 is 32.3 Å². The minimum Gasteiger partial charge on any atom is -0.465 e. The molecule has 0 atom stereocenters. The van der Waals surface area contributed by atoms with Crippen LogP contribution in [0.25, 0.3) is 0 Å². The highest BCUT2D eigenvalue weighted by molar-refractivity contribution is 7.98. The summed E-state index contributed by atoms with van der Waals surface area (Å²) in [5, 5.41) is 2.67. The van der Waals surface area contributed by atoms with Gasteiger partial charge in [-0.2, -0.15) is 4.31 Å². The van der Waals surface area contributed by atoms with Crippen LogP contribution in [0.4, 0.5) is 5.69 Å². The summed E-state index contributed by atoms with van der Waals surface area (Å²) in [4.78, 5) is 36.7. The number of para-hydroxylation sites is 1. The van der Waals surface area contributed by atoms with Crippen molar-refractivity contribution in [1.29, 1.82) is 0 Å². The summed E-state index contributed by atoms with van der Waals surface area (Å²) < 4.78 is 36.3. The van der Waals surface area contributed by atoms with Gasteiger partial charge in [0, 0.05) is 11.9 Å². The van der Waals surface area contributed by atoms with Crippen molar-refractivity contribution in [2.75, 3.05) is 39.4 Å². The highest BCUT2D eigenvalue weighted by Gasteiger charge is 2.30. The molecule has 1 N–H and O–H groups in total. The van der Waals surface area contributed by atoms with Gasteiger partial charge in [-0.25, -0.2) is 18.0 Å². The molecule has 9 nitrogen and oxygen atoms in total. The van der Waals surface area contributed by atoms with Crippen LogP contribution in [-0.2, 0) is 24.3 Å². The number of ether oxygens (including phenoxy) is 2. The number of carbonyl (C=O) groups excluding carboxylic acids is 3. The fourth-order valence-electron chi connectivity index (χ4n) is 2.65. The summed E-state index contributed by atoms with van der Waals surface area (Å²) in [7, 11) is -0.887. The van der Waals surface area contributed by atoms with E-state index in [1.165, 1.54) is 24.9 Å². The van der Waals surface area contributed by atoms with Crippen LogP contribution in [0.3, 0.4) is 0 Å². The number of amides is 1. The molecule has 2 rings (SSSR count). The Morgan fingerprint density at radius 1 is 1.03 bits per heavy atom. The predicted molar refractivity (Wildman–Crippen MR) is 116 cm³/mol. The van der Waals surface area contributed by atoms with E-state index in [1.807, 2.05) is 18.4 Å². The van der Waals surface area contributed by atoms with Crippen LogP contribution in [0.2, 0.25) is 0 Å². The number of carbonyl (C=O) groups is 3. The first-order valence-corrected chi connectivity index (χ1v) is 11.5. The van der Waals surface area contributed by atoms with Crippen molar-refractivity contribution in [2.45, 2.75) is 9.79 Å². The summed E-state index contributed by atoms with van der Waals surface area (Å²) in [5.41, 5.74) is 0.212. The third-order valence-corrected chi connectivity index (χ3v) is 6.88. The van der Waals surface area contributed by atoms with Gasteiger partial charge < -0.3 is 14.8 Å². The lowest BCUT2D eigenvalue weighted by Gasteiger charge is -2.19. The van der Waals surface area contributed by atoms with Crippen molar-refractivity contribution in [3.63, 3.8) is 0 Å². The third-order valence-electron chi connectivity index (χ3n) is 4.24. The number of methoxy groups -OCH3 is 2. The van der Waals surface area contributed by atoms with Crippen molar-refractivity contribution in [2.24, 2.45) is 0 Å². The Labute approximate surface area is 184 Å². The largest absolute Gasteiger partial charge is 0.465 e. The zero-order chi connectivity index (χ0) is 23.2. The van der Waals surface area contributed by atoms with Crippen LogP contribution in [0.1, 0.15) is 20.7 Å². The Morgan fingerprint density at radius 2 is 1.68 bits per heavy atom. The first kappa shape index (κ1) is 24.4. The normalized spacial score (nSPS) is 11.1. The molecule has 0 saturated carbocycles. The average molecular weight is 467 g/mol. The number of likely N-dealkylation sites (N-methyl/N-ethyl adjacent to an activating group) is 1. The molecule has 1 amide bonds. The van der Waals surface area contributed by atoms with Crippen molar-refractivity contribution in [3.05, 3.63) is 53.6 Å². The minimum atomic E-state index is -4.33. The fraction of sp³-hybridized carbons (Fsp3) is 0.250. The number of sulfonamides is 1. The fourth-order valence-corrected chi connectivity index (χ4v) is 4.53. The molecule has 166 valence electrons. The molecule has 2 aromatic carbocycles. The molecule has 0 aromatic heterocycles. The van der Waals surface area contributed by atoms with E-state index in [9.17, 15) is 22.8 Å². The van der Waals surface area contributed by atoms with Crippen LogP contribution >= 0.6 is 11.8 Å². The number of hydrogen-bond donors (Lipinski definition) is 1. The molecule has 2 aromatic rings. The van der Waals surface area contributed by atoms with Gasteiger partial charge in [-0.1, -0.05) is 12.1 Å². The van der Waals surface area contributed by atoms with E-state index >= 15 is 0 Å². The Hall–Kier alpha value is -2.89. The number of nitrogens with zero attached hydrogens (tertiary/aromatic N) is 1. The Bertz CT molecular complexity index is 1100. The lowest BCUT2D eigenvalue weighted by Crippen LogP contribution is -2.35. The van der Waals surface area contributed by atoms with Gasteiger partial charge in [-0.05, 0) is 36.6 Å². The van der Waals surface area contributed by atoms with Gasteiger partial charge in [0.1, 0.15) is 0 Å². The van der Waals surface area contributed by atoms with Crippen molar-refractivity contribution in [1.82, 2.24) is 4.31 Å². The monoisotopic (exact) mass is 466 g/mol. The molecule has 0 heterocycles. The summed E-state index contributed by atoms with van der Waals surface area (Å²) in [6.45, 7) is -0.520. The molecule has 0 aliphatic heterocycles. The smallest absolute Gasteiger partial charge is 0.339 e. The maximum Gasteiger partial charge on any atom is 0.339 e. The van der Waals surface area contributed by atoms with Gasteiger partial charge in [-0.15, -0.1) is 11.8 Å². The number of anilines is 1. The van der Waals surface area contributed by atoms with Crippen LogP contribution in [-0.4, -0.2) is 64.6 Å². The molecular weight excluding hydrogens is 444 g/mol. The third kappa shape index (κ3) is 5.63. The number of thioether (sulfide) groups is 1. The van der Waals surface area contributed by atoms with Gasteiger partial charge in [0.25, 0.3) is 0 Å². The van der Waals surface area contributed by atoms with E-state index in [0.29, 0.717) is 5.69 Å². The topological polar surface area (TPSA) is 119 Å². The second kappa shape index (κ2) is 10.4. The molecule has 0 saturated heterocycles. The predicted octanol–water partition coefficient (Wildman–Crippen LogP) is 2.24. The lowest BCUT2D eigenvalue weighted by atomic mass is 10.1. The van der Waals surface area contributed by atoms with E-state index < -0.39 is 39.3 Å². The van der Waals surface area contributed by atoms with Crippen molar-refractivity contribution >= 4 is 45.3 Å². The van der Waals surface area contributed by atoms with Gasteiger partial charge in [-0.3, -0.25) is 4.79 Å². The number of nitrogens with one attached hydrogen (secondary N) is 1. The number of esters is 2. The quantitative estimate of drug-likeness (QED) is 0.465. The highest BCUT2D eigenvalue weighted by Crippen LogP contribution is 2.25. The molecule has 0 bridgehead atoms. The van der Waals surface area contributed by atoms with E-state index in [-0.39, 0.29) is 11.1 Å². The number of rotatable bonds is 8. The van der Waals surface area contributed by atoms with Crippen LogP contribution in [0.5, 0.6) is 0 Å². The molecule has 0 fully saturated rings. The number of benzene rings is 2. The molecule has 0 aliphatic rings. The summed E-state index contributed by atoms with van der Waals surface area (Å²) in [6, 6.07) is 10.5. The molecule has 31 heavy (non-hydrogen) atoms. The van der Waals surface area contributed by atoms with Crippen LogP contribution < -0.4 is 5.32 Å². The van der Waals surface area contributed by atoms with Crippen molar-refractivity contribution in [3.8, 4) is 0 Å². The zero-order valence-corrected chi connectivity index (χ0v) is 19.0. The molecule has 0 spiro atoms. The second-order valence-corrected chi connectivity index (χ2v) is 9.07. The average Bonchev–Trinajstić information content (AvgIpc) is 2.77. The molecule has 0 aliphatic carbocycles. The Morgan fingerprint density at radius 3 is 2.29 bits per heavy atom. The zero-order valence-electron chi connectivity index (χ0n) is 17.4. The van der Waals surface area contributed by atoms with Gasteiger partial charge in [0.15, 0.2) is 0 Å². The molecule has 0 unspecified atom stereocenters. The highest BCUT2D eigenvalue weighted by atomic mass is 32.2. The van der Waals surface area contributed by atoms with E-state index in [0.717, 1.165) is 35.6 Å². The summed E-state index contributed by atoms with van der Waals surface area (Å²) in [5.74, 6) is -2.25. The standard InChI is InChI=1S/C20H22N2O7S2/c1-22(12-18(23)21-15-7-5-6-8-16(15)30-4)31(26,27)17-11-13(19(24)28-2)9-10-14(17)20(25)29-3/h5-11H,12H2,1-4H3,(H,21,23). The van der Waals surface area contributed by atoms with E-state index in [1.54, 1.807) is 12.1 Å². The SMILES string of the molecule is COC(=O)c1ccc(C(=O)OC)c(S(=O)(=O)N(C)CC(=O)Nc2ccccc2SC)c1.